The summed E-state index contributed by atoms with van der Waals surface area (Å²) in [6, 6.07) is 7.40. The number of hydrogen-bond donors (Lipinski definition) is 2. The second-order valence-corrected chi connectivity index (χ2v) is 7.11. The fourth-order valence-electron chi connectivity index (χ4n) is 2.40. The van der Waals surface area contributed by atoms with Gasteiger partial charge in [-0.2, -0.15) is 5.10 Å². The van der Waals surface area contributed by atoms with Gasteiger partial charge < -0.3 is 19.7 Å². The van der Waals surface area contributed by atoms with E-state index in [1.54, 1.807) is 18.7 Å². The first-order valence-corrected chi connectivity index (χ1v) is 9.47. The second-order valence-electron chi connectivity index (χ2n) is 5.91. The van der Waals surface area contributed by atoms with Gasteiger partial charge in [-0.05, 0) is 36.2 Å². The quantitative estimate of drug-likeness (QED) is 0.375. The van der Waals surface area contributed by atoms with Crippen molar-refractivity contribution in [3.8, 4) is 5.75 Å². The highest BCUT2D eigenvalue weighted by atomic mass is 32.2. The van der Waals surface area contributed by atoms with Gasteiger partial charge in [0.2, 0.25) is 5.91 Å². The monoisotopic (exact) mass is 401 g/mol. The van der Waals surface area contributed by atoms with Crippen LogP contribution < -0.4 is 10.1 Å². The summed E-state index contributed by atoms with van der Waals surface area (Å²) in [4.78, 5) is 26.3. The van der Waals surface area contributed by atoms with Gasteiger partial charge in [0, 0.05) is 18.9 Å². The number of carbonyl (C=O) groups is 2. The molecule has 0 aliphatic carbocycles. The van der Waals surface area contributed by atoms with Gasteiger partial charge >= 0.3 is 5.97 Å². The number of aromatic nitrogens is 2. The Morgan fingerprint density at radius 1 is 1.39 bits per heavy atom. The third-order valence-electron chi connectivity index (χ3n) is 3.76. The predicted molar refractivity (Wildman–Crippen MR) is 106 cm³/mol. The van der Waals surface area contributed by atoms with Crippen LogP contribution in [0.25, 0.3) is 0 Å². The van der Waals surface area contributed by atoms with E-state index in [2.05, 4.69) is 20.5 Å². The Hall–Kier alpha value is -3.14. The minimum atomic E-state index is -1.03. The number of carboxylic acid groups (broad SMARTS) is 1. The molecule has 1 aromatic carbocycles. The van der Waals surface area contributed by atoms with E-state index in [9.17, 15) is 9.59 Å². The van der Waals surface area contributed by atoms with Gasteiger partial charge in [-0.25, -0.2) is 4.98 Å². The zero-order valence-electron chi connectivity index (χ0n) is 14.9. The molecule has 1 fully saturated rings. The van der Waals surface area contributed by atoms with Crippen LogP contribution in [-0.2, 0) is 16.1 Å². The number of amides is 1. The predicted octanol–water partition coefficient (Wildman–Crippen LogP) is 1.75. The SMILES string of the molecule is O=C(O)CC1SC(=NN=Cc2ccc(OCCCn3ccnc3)cc2)NC1=O. The molecule has 1 aromatic heterocycles. The number of hydrogen-bond acceptors (Lipinski definition) is 7. The van der Waals surface area contributed by atoms with E-state index in [0.717, 1.165) is 36.0 Å². The fourth-order valence-corrected chi connectivity index (χ4v) is 3.31. The Kier molecular flexibility index (Phi) is 6.79. The van der Waals surface area contributed by atoms with Gasteiger partial charge in [0.25, 0.3) is 0 Å². The number of amidine groups is 1. The molecular weight excluding hydrogens is 382 g/mol. The molecule has 28 heavy (non-hydrogen) atoms. The minimum Gasteiger partial charge on any atom is -0.494 e. The summed E-state index contributed by atoms with van der Waals surface area (Å²) >= 11 is 1.06. The summed E-state index contributed by atoms with van der Waals surface area (Å²) in [5.41, 5.74) is 0.825. The average Bonchev–Trinajstić information content (AvgIpc) is 3.30. The van der Waals surface area contributed by atoms with Crippen molar-refractivity contribution >= 4 is 35.0 Å². The first kappa shape index (κ1) is 19.6. The first-order valence-electron chi connectivity index (χ1n) is 8.59. The molecule has 2 heterocycles. The maximum Gasteiger partial charge on any atom is 0.305 e. The van der Waals surface area contributed by atoms with E-state index < -0.39 is 11.2 Å². The molecule has 0 spiro atoms. The number of carboxylic acids is 1. The highest BCUT2D eigenvalue weighted by Gasteiger charge is 2.32. The Morgan fingerprint density at radius 3 is 2.93 bits per heavy atom. The smallest absolute Gasteiger partial charge is 0.305 e. The van der Waals surface area contributed by atoms with E-state index in [-0.39, 0.29) is 12.3 Å². The molecular formula is C18H19N5O4S. The summed E-state index contributed by atoms with van der Waals surface area (Å²) in [6.07, 6.45) is 7.62. The number of rotatable bonds is 9. The molecule has 3 rings (SSSR count). The van der Waals surface area contributed by atoms with E-state index in [0.29, 0.717) is 11.8 Å². The van der Waals surface area contributed by atoms with E-state index in [1.807, 2.05) is 35.0 Å². The fraction of sp³-hybridized carbons (Fsp3) is 0.278. The zero-order valence-corrected chi connectivity index (χ0v) is 15.7. The lowest BCUT2D eigenvalue weighted by atomic mass is 10.2. The number of aryl methyl sites for hydroxylation is 1. The van der Waals surface area contributed by atoms with Crippen molar-refractivity contribution in [3.05, 3.63) is 48.5 Å². The Morgan fingerprint density at radius 2 is 2.21 bits per heavy atom. The molecule has 2 aromatic rings. The Balaban J connectivity index is 1.43. The van der Waals surface area contributed by atoms with Crippen LogP contribution in [0.15, 0.2) is 53.2 Å². The number of nitrogens with zero attached hydrogens (tertiary/aromatic N) is 4. The highest BCUT2D eigenvalue weighted by Crippen LogP contribution is 2.22. The zero-order chi connectivity index (χ0) is 19.8. The van der Waals surface area contributed by atoms with E-state index >= 15 is 0 Å². The van der Waals surface area contributed by atoms with Crippen LogP contribution in [0.2, 0.25) is 0 Å². The highest BCUT2D eigenvalue weighted by molar-refractivity contribution is 8.15. The standard InChI is InChI=1S/C18H19N5O4S/c24-16(25)10-15-17(26)21-18(28-15)22-20-11-13-2-4-14(5-3-13)27-9-1-7-23-8-6-19-12-23/h2-6,8,11-12,15H,1,7,9-10H2,(H,24,25)(H,21,22,26). The maximum atomic E-state index is 11.6. The van der Waals surface area contributed by atoms with Crippen molar-refractivity contribution in [2.45, 2.75) is 24.6 Å². The van der Waals surface area contributed by atoms with Crippen molar-refractivity contribution in [1.29, 1.82) is 0 Å². The van der Waals surface area contributed by atoms with E-state index in [4.69, 9.17) is 9.84 Å². The van der Waals surface area contributed by atoms with Gasteiger partial charge in [-0.3, -0.25) is 9.59 Å². The Bertz CT molecular complexity index is 865. The first-order chi connectivity index (χ1) is 13.6. The van der Waals surface area contributed by atoms with Gasteiger partial charge in [-0.1, -0.05) is 11.8 Å². The summed E-state index contributed by atoms with van der Waals surface area (Å²) in [6.45, 7) is 1.46. The van der Waals surface area contributed by atoms with Crippen LogP contribution in [0.1, 0.15) is 18.4 Å². The van der Waals surface area contributed by atoms with Crippen molar-refractivity contribution in [1.82, 2.24) is 14.9 Å². The number of nitrogens with one attached hydrogen (secondary N) is 1. The van der Waals surface area contributed by atoms with Crippen molar-refractivity contribution < 1.29 is 19.4 Å². The summed E-state index contributed by atoms with van der Waals surface area (Å²) in [5, 5.41) is 18.8. The molecule has 1 atom stereocenters. The number of thioether (sulfide) groups is 1. The number of carbonyl (C=O) groups excluding carboxylic acids is 1. The number of ether oxygens (including phenoxy) is 1. The minimum absolute atomic E-state index is 0.247. The van der Waals surface area contributed by atoms with Crippen molar-refractivity contribution in [3.63, 3.8) is 0 Å². The molecule has 0 bridgehead atoms. The van der Waals surface area contributed by atoms with Gasteiger partial charge in [0.05, 0.1) is 25.6 Å². The molecule has 146 valence electrons. The van der Waals surface area contributed by atoms with Crippen LogP contribution in [0.4, 0.5) is 0 Å². The molecule has 1 aliphatic heterocycles. The third-order valence-corrected chi connectivity index (χ3v) is 4.83. The van der Waals surface area contributed by atoms with Crippen LogP contribution in [0.3, 0.4) is 0 Å². The summed E-state index contributed by atoms with van der Waals surface area (Å²) in [7, 11) is 0. The molecule has 2 N–H and O–H groups in total. The molecule has 1 saturated heterocycles. The largest absolute Gasteiger partial charge is 0.494 e. The summed E-state index contributed by atoms with van der Waals surface area (Å²) < 4.78 is 7.70. The molecule has 9 nitrogen and oxygen atoms in total. The molecule has 1 amide bonds. The topological polar surface area (TPSA) is 118 Å². The molecule has 0 radical (unpaired) electrons. The lowest BCUT2D eigenvalue weighted by Crippen LogP contribution is -2.26. The normalized spacial score (nSPS) is 17.9. The molecule has 1 unspecified atom stereocenters. The van der Waals surface area contributed by atoms with Crippen LogP contribution in [-0.4, -0.2) is 49.8 Å². The number of imidazole rings is 1. The number of benzene rings is 1. The van der Waals surface area contributed by atoms with Gasteiger partial charge in [0.15, 0.2) is 5.17 Å². The average molecular weight is 401 g/mol. The maximum absolute atomic E-state index is 11.6. The lowest BCUT2D eigenvalue weighted by molar-refractivity contribution is -0.138. The number of aliphatic carboxylic acids is 1. The van der Waals surface area contributed by atoms with Crippen molar-refractivity contribution in [2.24, 2.45) is 10.2 Å². The summed E-state index contributed by atoms with van der Waals surface area (Å²) in [5.74, 6) is -0.624. The lowest BCUT2D eigenvalue weighted by Gasteiger charge is -2.06. The van der Waals surface area contributed by atoms with Crippen LogP contribution >= 0.6 is 11.8 Å². The van der Waals surface area contributed by atoms with Crippen LogP contribution in [0, 0.1) is 0 Å². The second kappa shape index (κ2) is 9.70. The molecule has 0 saturated carbocycles. The Labute approximate surface area is 165 Å². The third kappa shape index (κ3) is 5.95. The van der Waals surface area contributed by atoms with Crippen molar-refractivity contribution in [2.75, 3.05) is 6.61 Å². The molecule has 1 aliphatic rings. The van der Waals surface area contributed by atoms with Gasteiger partial charge in [0.1, 0.15) is 11.0 Å². The molecule has 10 heteroatoms. The van der Waals surface area contributed by atoms with E-state index in [1.165, 1.54) is 0 Å². The van der Waals surface area contributed by atoms with Crippen LogP contribution in [0.5, 0.6) is 5.75 Å². The van der Waals surface area contributed by atoms with Gasteiger partial charge in [-0.15, -0.1) is 5.10 Å².